The standard InChI is InChI=1S/C17H12FN5/c18-13-5-3-11(4-6-13)16-17(12-7-9-20-14(19)10-12)23-15(22-16)2-1-8-21-23/h1-10H,(H2,19,20). The first-order chi connectivity index (χ1) is 11.2. The van der Waals surface area contributed by atoms with Crippen molar-refractivity contribution in [2.24, 2.45) is 0 Å². The highest BCUT2D eigenvalue weighted by Crippen LogP contribution is 2.32. The summed E-state index contributed by atoms with van der Waals surface area (Å²) in [4.78, 5) is 8.66. The zero-order valence-electron chi connectivity index (χ0n) is 12.0. The number of anilines is 1. The van der Waals surface area contributed by atoms with E-state index in [0.29, 0.717) is 17.2 Å². The van der Waals surface area contributed by atoms with Crippen LogP contribution in [0.15, 0.2) is 60.9 Å². The van der Waals surface area contributed by atoms with Gasteiger partial charge in [0.15, 0.2) is 5.65 Å². The fraction of sp³-hybridized carbons (Fsp3) is 0. The Labute approximate surface area is 131 Å². The normalized spacial score (nSPS) is 11.0. The molecule has 0 spiro atoms. The molecule has 1 aromatic carbocycles. The third-order valence-electron chi connectivity index (χ3n) is 3.57. The maximum Gasteiger partial charge on any atom is 0.154 e. The van der Waals surface area contributed by atoms with E-state index in [0.717, 1.165) is 16.8 Å². The average molecular weight is 305 g/mol. The molecule has 0 aliphatic heterocycles. The number of nitrogens with zero attached hydrogens (tertiary/aromatic N) is 4. The molecule has 5 nitrogen and oxygen atoms in total. The van der Waals surface area contributed by atoms with Gasteiger partial charge in [0.1, 0.15) is 17.3 Å². The summed E-state index contributed by atoms with van der Waals surface area (Å²) in [6, 6.07) is 13.5. The van der Waals surface area contributed by atoms with E-state index in [-0.39, 0.29) is 5.82 Å². The third-order valence-corrected chi connectivity index (χ3v) is 3.57. The van der Waals surface area contributed by atoms with Crippen LogP contribution in [0.25, 0.3) is 28.2 Å². The van der Waals surface area contributed by atoms with Crippen molar-refractivity contribution in [2.75, 3.05) is 5.73 Å². The molecular weight excluding hydrogens is 293 g/mol. The van der Waals surface area contributed by atoms with Crippen molar-refractivity contribution in [2.45, 2.75) is 0 Å². The van der Waals surface area contributed by atoms with Crippen LogP contribution in [0.4, 0.5) is 10.2 Å². The van der Waals surface area contributed by atoms with Gasteiger partial charge in [-0.15, -0.1) is 0 Å². The lowest BCUT2D eigenvalue weighted by molar-refractivity contribution is 0.628. The summed E-state index contributed by atoms with van der Waals surface area (Å²) in [6.07, 6.45) is 3.33. The fourth-order valence-electron chi connectivity index (χ4n) is 2.55. The number of pyridine rings is 1. The molecule has 0 radical (unpaired) electrons. The lowest BCUT2D eigenvalue weighted by Gasteiger charge is -2.05. The van der Waals surface area contributed by atoms with Crippen molar-refractivity contribution in [1.29, 1.82) is 0 Å². The van der Waals surface area contributed by atoms with Gasteiger partial charge in [-0.1, -0.05) is 0 Å². The molecule has 0 aliphatic carbocycles. The monoisotopic (exact) mass is 305 g/mol. The van der Waals surface area contributed by atoms with E-state index in [1.807, 2.05) is 18.2 Å². The van der Waals surface area contributed by atoms with Gasteiger partial charge < -0.3 is 5.73 Å². The molecule has 2 N–H and O–H groups in total. The number of aromatic nitrogens is 4. The fourth-order valence-corrected chi connectivity index (χ4v) is 2.55. The van der Waals surface area contributed by atoms with Crippen molar-refractivity contribution in [3.05, 3.63) is 66.7 Å². The van der Waals surface area contributed by atoms with E-state index in [9.17, 15) is 4.39 Å². The van der Waals surface area contributed by atoms with Crippen molar-refractivity contribution in [1.82, 2.24) is 19.6 Å². The molecule has 0 fully saturated rings. The van der Waals surface area contributed by atoms with E-state index in [1.165, 1.54) is 12.1 Å². The van der Waals surface area contributed by atoms with Crippen LogP contribution in [0.2, 0.25) is 0 Å². The Morgan fingerprint density at radius 3 is 2.57 bits per heavy atom. The quantitative estimate of drug-likeness (QED) is 0.617. The summed E-state index contributed by atoms with van der Waals surface area (Å²) in [7, 11) is 0. The Balaban J connectivity index is 2.04. The van der Waals surface area contributed by atoms with Gasteiger partial charge in [0.2, 0.25) is 0 Å². The minimum absolute atomic E-state index is 0.287. The van der Waals surface area contributed by atoms with Crippen LogP contribution in [0.3, 0.4) is 0 Å². The van der Waals surface area contributed by atoms with Crippen molar-refractivity contribution in [3.63, 3.8) is 0 Å². The highest BCUT2D eigenvalue weighted by atomic mass is 19.1. The van der Waals surface area contributed by atoms with E-state index >= 15 is 0 Å². The molecule has 4 rings (SSSR count). The van der Waals surface area contributed by atoms with Crippen LogP contribution in [-0.4, -0.2) is 19.6 Å². The predicted octanol–water partition coefficient (Wildman–Crippen LogP) is 3.18. The number of fused-ring (bicyclic) bond motifs is 1. The SMILES string of the molecule is Nc1cc(-c2c(-c3ccc(F)cc3)nc3cccnn23)ccn1. The topological polar surface area (TPSA) is 69.1 Å². The second-order valence-electron chi connectivity index (χ2n) is 5.08. The Morgan fingerprint density at radius 2 is 1.78 bits per heavy atom. The molecule has 112 valence electrons. The zero-order valence-corrected chi connectivity index (χ0v) is 12.0. The number of benzene rings is 1. The molecule has 3 aromatic heterocycles. The zero-order chi connectivity index (χ0) is 15.8. The highest BCUT2D eigenvalue weighted by Gasteiger charge is 2.17. The minimum atomic E-state index is -0.287. The van der Waals surface area contributed by atoms with Gasteiger partial charge in [0, 0.05) is 23.5 Å². The molecule has 23 heavy (non-hydrogen) atoms. The maximum absolute atomic E-state index is 13.2. The molecule has 0 aliphatic rings. The van der Waals surface area contributed by atoms with Crippen molar-refractivity contribution in [3.8, 4) is 22.5 Å². The van der Waals surface area contributed by atoms with Gasteiger partial charge in [-0.05, 0) is 48.5 Å². The van der Waals surface area contributed by atoms with Gasteiger partial charge in [-0.25, -0.2) is 18.9 Å². The Hall–Kier alpha value is -3.28. The molecule has 0 saturated carbocycles. The van der Waals surface area contributed by atoms with E-state index in [2.05, 4.69) is 15.1 Å². The van der Waals surface area contributed by atoms with E-state index in [4.69, 9.17) is 5.73 Å². The van der Waals surface area contributed by atoms with Gasteiger partial charge in [-0.3, -0.25) is 0 Å². The molecule has 0 bridgehead atoms. The number of nitrogen functional groups attached to an aromatic ring is 1. The predicted molar refractivity (Wildman–Crippen MR) is 86.0 cm³/mol. The summed E-state index contributed by atoms with van der Waals surface area (Å²) in [5.74, 6) is 0.129. The molecule has 0 unspecified atom stereocenters. The van der Waals surface area contributed by atoms with Crippen LogP contribution < -0.4 is 5.73 Å². The smallest absolute Gasteiger partial charge is 0.154 e. The van der Waals surface area contributed by atoms with Gasteiger partial charge in [0.05, 0.1) is 5.69 Å². The van der Waals surface area contributed by atoms with Gasteiger partial charge in [-0.2, -0.15) is 5.10 Å². The van der Waals surface area contributed by atoms with Crippen molar-refractivity contribution >= 4 is 11.5 Å². The lowest BCUT2D eigenvalue weighted by Crippen LogP contribution is -1.96. The van der Waals surface area contributed by atoms with E-state index < -0.39 is 0 Å². The first kappa shape index (κ1) is 13.4. The minimum Gasteiger partial charge on any atom is -0.384 e. The number of halogens is 1. The van der Waals surface area contributed by atoms with Crippen LogP contribution >= 0.6 is 0 Å². The van der Waals surface area contributed by atoms with Crippen molar-refractivity contribution < 1.29 is 4.39 Å². The summed E-state index contributed by atoms with van der Waals surface area (Å²) in [5.41, 5.74) is 9.68. The molecular formula is C17H12FN5. The van der Waals surface area contributed by atoms with E-state index in [1.54, 1.807) is 35.1 Å². The number of hydrogen-bond donors (Lipinski definition) is 1. The number of hydrogen-bond acceptors (Lipinski definition) is 4. The first-order valence-electron chi connectivity index (χ1n) is 7.04. The number of imidazole rings is 1. The van der Waals surface area contributed by atoms with Gasteiger partial charge in [0.25, 0.3) is 0 Å². The molecule has 0 atom stereocenters. The van der Waals surface area contributed by atoms with Crippen LogP contribution in [-0.2, 0) is 0 Å². The first-order valence-corrected chi connectivity index (χ1v) is 7.04. The molecule has 6 heteroatoms. The average Bonchev–Trinajstić information content (AvgIpc) is 2.95. The molecule has 0 saturated heterocycles. The van der Waals surface area contributed by atoms with Crippen LogP contribution in [0.1, 0.15) is 0 Å². The number of rotatable bonds is 2. The largest absolute Gasteiger partial charge is 0.384 e. The summed E-state index contributed by atoms with van der Waals surface area (Å²) >= 11 is 0. The second-order valence-corrected chi connectivity index (χ2v) is 5.08. The third kappa shape index (κ3) is 2.30. The lowest BCUT2D eigenvalue weighted by atomic mass is 10.1. The second kappa shape index (κ2) is 5.17. The maximum atomic E-state index is 13.2. The van der Waals surface area contributed by atoms with Crippen LogP contribution in [0.5, 0.6) is 0 Å². The summed E-state index contributed by atoms with van der Waals surface area (Å²) in [5, 5.41) is 4.37. The Morgan fingerprint density at radius 1 is 0.957 bits per heavy atom. The molecule has 3 heterocycles. The summed E-state index contributed by atoms with van der Waals surface area (Å²) < 4.78 is 15.0. The Kier molecular flexibility index (Phi) is 3.01. The number of nitrogens with two attached hydrogens (primary N) is 1. The molecule has 0 amide bonds. The molecule has 4 aromatic rings. The summed E-state index contributed by atoms with van der Waals surface area (Å²) in [6.45, 7) is 0. The van der Waals surface area contributed by atoms with Gasteiger partial charge >= 0.3 is 0 Å². The Bertz CT molecular complexity index is 991. The highest BCUT2D eigenvalue weighted by molar-refractivity contribution is 5.82. The van der Waals surface area contributed by atoms with Crippen LogP contribution in [0, 0.1) is 5.82 Å².